The molecule has 0 bridgehead atoms. The first-order valence-corrected chi connectivity index (χ1v) is 4.46. The topological polar surface area (TPSA) is 56.3 Å². The number of nitrogens with one attached hydrogen (secondary N) is 1. The van der Waals surface area contributed by atoms with Crippen LogP contribution < -0.4 is 10.1 Å². The summed E-state index contributed by atoms with van der Waals surface area (Å²) in [5.41, 5.74) is 0. The Labute approximate surface area is 83.5 Å². The molecule has 1 N–H and O–H groups in total. The lowest BCUT2D eigenvalue weighted by Gasteiger charge is -2.04. The van der Waals surface area contributed by atoms with Gasteiger partial charge in [0.1, 0.15) is 0 Å². The maximum Gasteiger partial charge on any atom is 0.225 e. The van der Waals surface area contributed by atoms with Crippen molar-refractivity contribution in [3.8, 4) is 5.88 Å². The van der Waals surface area contributed by atoms with Gasteiger partial charge in [0.05, 0.1) is 7.11 Å². The monoisotopic (exact) mass is 197 g/mol. The summed E-state index contributed by atoms with van der Waals surface area (Å²) in [6, 6.07) is 1.71. The highest BCUT2D eigenvalue weighted by atomic mass is 16.5. The molecule has 0 saturated heterocycles. The minimum Gasteiger partial charge on any atom is -0.481 e. The molecule has 0 atom stereocenters. The van der Waals surface area contributed by atoms with Crippen molar-refractivity contribution in [1.82, 2.24) is 9.97 Å². The molecular formula is C9H15N3O2. The van der Waals surface area contributed by atoms with Crippen LogP contribution in [0.25, 0.3) is 0 Å². The molecule has 1 aromatic rings. The molecule has 0 unspecified atom stereocenters. The van der Waals surface area contributed by atoms with Crippen molar-refractivity contribution in [2.45, 2.75) is 6.42 Å². The third-order valence-corrected chi connectivity index (χ3v) is 1.65. The number of hydrogen-bond donors (Lipinski definition) is 1. The van der Waals surface area contributed by atoms with E-state index in [1.807, 2.05) is 0 Å². The van der Waals surface area contributed by atoms with Crippen molar-refractivity contribution in [1.29, 1.82) is 0 Å². The van der Waals surface area contributed by atoms with E-state index in [2.05, 4.69) is 15.3 Å². The molecule has 0 aliphatic carbocycles. The minimum absolute atomic E-state index is 0.564. The molecule has 14 heavy (non-hydrogen) atoms. The van der Waals surface area contributed by atoms with E-state index in [4.69, 9.17) is 9.47 Å². The first-order valence-electron chi connectivity index (χ1n) is 4.46. The molecule has 0 amide bonds. The second kappa shape index (κ2) is 6.15. The Morgan fingerprint density at radius 2 is 2.29 bits per heavy atom. The van der Waals surface area contributed by atoms with Crippen molar-refractivity contribution in [2.24, 2.45) is 0 Å². The summed E-state index contributed by atoms with van der Waals surface area (Å²) in [6.45, 7) is 1.53. The Morgan fingerprint density at radius 3 is 3.00 bits per heavy atom. The zero-order chi connectivity index (χ0) is 10.2. The van der Waals surface area contributed by atoms with Crippen LogP contribution >= 0.6 is 0 Å². The van der Waals surface area contributed by atoms with Gasteiger partial charge in [0, 0.05) is 32.5 Å². The summed E-state index contributed by atoms with van der Waals surface area (Å²) in [4.78, 5) is 8.15. The molecule has 1 aromatic heterocycles. The van der Waals surface area contributed by atoms with Gasteiger partial charge in [-0.2, -0.15) is 4.98 Å². The van der Waals surface area contributed by atoms with Gasteiger partial charge >= 0.3 is 0 Å². The molecule has 5 nitrogen and oxygen atoms in total. The van der Waals surface area contributed by atoms with Gasteiger partial charge in [-0.15, -0.1) is 0 Å². The fourth-order valence-electron chi connectivity index (χ4n) is 0.958. The quantitative estimate of drug-likeness (QED) is 0.688. The highest BCUT2D eigenvalue weighted by molar-refractivity contribution is 5.26. The van der Waals surface area contributed by atoms with Crippen LogP contribution in [0.15, 0.2) is 12.3 Å². The van der Waals surface area contributed by atoms with Crippen molar-refractivity contribution in [3.05, 3.63) is 12.3 Å². The number of ether oxygens (including phenoxy) is 2. The summed E-state index contributed by atoms with van der Waals surface area (Å²) in [6.07, 6.45) is 2.58. The van der Waals surface area contributed by atoms with E-state index < -0.39 is 0 Å². The number of rotatable bonds is 6. The number of nitrogens with zero attached hydrogens (tertiary/aromatic N) is 2. The molecule has 0 fully saturated rings. The normalized spacial score (nSPS) is 9.86. The van der Waals surface area contributed by atoms with Crippen LogP contribution in [0.3, 0.4) is 0 Å². The average Bonchev–Trinajstić information content (AvgIpc) is 2.25. The molecule has 78 valence electrons. The van der Waals surface area contributed by atoms with Crippen LogP contribution in [-0.2, 0) is 4.74 Å². The Balaban J connectivity index is 2.34. The Hall–Kier alpha value is -1.36. The van der Waals surface area contributed by atoms with Gasteiger partial charge < -0.3 is 14.8 Å². The first-order chi connectivity index (χ1) is 6.86. The molecule has 1 rings (SSSR count). The van der Waals surface area contributed by atoms with Crippen molar-refractivity contribution in [3.63, 3.8) is 0 Å². The summed E-state index contributed by atoms with van der Waals surface area (Å²) in [5.74, 6) is 1.15. The van der Waals surface area contributed by atoms with Crippen LogP contribution in [-0.4, -0.2) is 37.3 Å². The zero-order valence-corrected chi connectivity index (χ0v) is 8.49. The van der Waals surface area contributed by atoms with Gasteiger partial charge in [-0.3, -0.25) is 0 Å². The fourth-order valence-corrected chi connectivity index (χ4v) is 0.958. The van der Waals surface area contributed by atoms with Crippen LogP contribution in [0, 0.1) is 0 Å². The van der Waals surface area contributed by atoms with Gasteiger partial charge in [0.15, 0.2) is 0 Å². The van der Waals surface area contributed by atoms with Crippen LogP contribution in [0.5, 0.6) is 5.88 Å². The summed E-state index contributed by atoms with van der Waals surface area (Å²) >= 11 is 0. The maximum atomic E-state index is 4.97. The third-order valence-electron chi connectivity index (χ3n) is 1.65. The van der Waals surface area contributed by atoms with E-state index in [0.29, 0.717) is 11.8 Å². The average molecular weight is 197 g/mol. The molecule has 0 saturated carbocycles. The second-order valence-corrected chi connectivity index (χ2v) is 2.70. The van der Waals surface area contributed by atoms with E-state index >= 15 is 0 Å². The van der Waals surface area contributed by atoms with Gasteiger partial charge in [-0.05, 0) is 6.42 Å². The third kappa shape index (κ3) is 3.57. The zero-order valence-electron chi connectivity index (χ0n) is 8.49. The van der Waals surface area contributed by atoms with Crippen molar-refractivity contribution >= 4 is 5.95 Å². The number of aromatic nitrogens is 2. The largest absolute Gasteiger partial charge is 0.481 e. The lowest BCUT2D eigenvalue weighted by Crippen LogP contribution is -2.07. The molecule has 0 radical (unpaired) electrons. The molecule has 5 heteroatoms. The minimum atomic E-state index is 0.564. The molecular weight excluding hydrogens is 182 g/mol. The summed E-state index contributed by atoms with van der Waals surface area (Å²) in [7, 11) is 3.26. The van der Waals surface area contributed by atoms with Crippen LogP contribution in [0.4, 0.5) is 5.95 Å². The van der Waals surface area contributed by atoms with E-state index in [0.717, 1.165) is 19.6 Å². The van der Waals surface area contributed by atoms with Crippen molar-refractivity contribution in [2.75, 3.05) is 32.7 Å². The Bertz CT molecular complexity index is 268. The SMILES string of the molecule is COCCCNc1nccc(OC)n1. The standard InChI is InChI=1S/C9H15N3O2/c1-13-7-3-5-10-9-11-6-4-8(12-9)14-2/h4,6H,3,5,7H2,1-2H3,(H,10,11,12). The van der Waals surface area contributed by atoms with Crippen LogP contribution in [0.2, 0.25) is 0 Å². The number of anilines is 1. The Kier molecular flexibility index (Phi) is 4.71. The van der Waals surface area contributed by atoms with Crippen LogP contribution in [0.1, 0.15) is 6.42 Å². The molecule has 0 aliphatic heterocycles. The summed E-state index contributed by atoms with van der Waals surface area (Å²) in [5, 5.41) is 3.07. The predicted molar refractivity (Wildman–Crippen MR) is 53.6 cm³/mol. The highest BCUT2D eigenvalue weighted by Crippen LogP contribution is 2.06. The van der Waals surface area contributed by atoms with E-state index in [-0.39, 0.29) is 0 Å². The van der Waals surface area contributed by atoms with Crippen molar-refractivity contribution < 1.29 is 9.47 Å². The van der Waals surface area contributed by atoms with Gasteiger partial charge in [0.2, 0.25) is 11.8 Å². The second-order valence-electron chi connectivity index (χ2n) is 2.70. The first kappa shape index (κ1) is 10.7. The number of hydrogen-bond acceptors (Lipinski definition) is 5. The maximum absolute atomic E-state index is 4.97. The smallest absolute Gasteiger partial charge is 0.225 e. The van der Waals surface area contributed by atoms with Gasteiger partial charge in [0.25, 0.3) is 0 Å². The van der Waals surface area contributed by atoms with E-state index in [1.165, 1.54) is 0 Å². The lowest BCUT2D eigenvalue weighted by atomic mass is 10.4. The molecule has 0 aromatic carbocycles. The fraction of sp³-hybridized carbons (Fsp3) is 0.556. The van der Waals surface area contributed by atoms with E-state index in [9.17, 15) is 0 Å². The highest BCUT2D eigenvalue weighted by Gasteiger charge is 1.97. The molecule has 0 aliphatic rings. The molecule has 0 spiro atoms. The van der Waals surface area contributed by atoms with Gasteiger partial charge in [-0.25, -0.2) is 4.98 Å². The van der Waals surface area contributed by atoms with Gasteiger partial charge in [-0.1, -0.05) is 0 Å². The number of methoxy groups -OCH3 is 2. The Morgan fingerprint density at radius 1 is 1.43 bits per heavy atom. The summed E-state index contributed by atoms with van der Waals surface area (Å²) < 4.78 is 9.89. The predicted octanol–water partition coefficient (Wildman–Crippen LogP) is 0.934. The lowest BCUT2D eigenvalue weighted by molar-refractivity contribution is 0.197. The molecule has 1 heterocycles. The van der Waals surface area contributed by atoms with E-state index in [1.54, 1.807) is 26.5 Å².